The topological polar surface area (TPSA) is 23.5 Å². The van der Waals surface area contributed by atoms with Gasteiger partial charge in [-0.3, -0.25) is 0 Å². The van der Waals surface area contributed by atoms with Gasteiger partial charge in [0.1, 0.15) is 0 Å². The zero-order valence-corrected chi connectivity index (χ0v) is 12.0. The molecule has 0 aliphatic heterocycles. The minimum atomic E-state index is 0.275. The molecule has 0 heterocycles. The highest BCUT2D eigenvalue weighted by atomic mass is 79.9. The Kier molecular flexibility index (Phi) is 9.87. The lowest BCUT2D eigenvalue weighted by Gasteiger charge is -2.28. The van der Waals surface area contributed by atoms with E-state index in [0.717, 1.165) is 25.0 Å². The summed E-state index contributed by atoms with van der Waals surface area (Å²) in [7, 11) is 0. The molecule has 0 radical (unpaired) electrons. The van der Waals surface area contributed by atoms with Gasteiger partial charge in [0, 0.05) is 18.4 Å². The van der Waals surface area contributed by atoms with E-state index in [2.05, 4.69) is 41.6 Å². The first-order chi connectivity index (χ1) is 7.15. The lowest BCUT2D eigenvalue weighted by molar-refractivity contribution is 0.165. The Morgan fingerprint density at radius 1 is 1.27 bits per heavy atom. The highest BCUT2D eigenvalue weighted by Crippen LogP contribution is 2.15. The van der Waals surface area contributed by atoms with E-state index in [1.54, 1.807) is 0 Å². The largest absolute Gasteiger partial charge is 0.395 e. The van der Waals surface area contributed by atoms with Crippen molar-refractivity contribution >= 4 is 15.9 Å². The van der Waals surface area contributed by atoms with Crippen molar-refractivity contribution in [3.63, 3.8) is 0 Å². The van der Waals surface area contributed by atoms with Gasteiger partial charge in [0.25, 0.3) is 0 Å². The van der Waals surface area contributed by atoms with Gasteiger partial charge in [-0.2, -0.15) is 0 Å². The monoisotopic (exact) mass is 279 g/mol. The van der Waals surface area contributed by atoms with Crippen molar-refractivity contribution in [2.45, 2.75) is 33.6 Å². The third kappa shape index (κ3) is 7.31. The average Bonchev–Trinajstić information content (AvgIpc) is 2.21. The molecular formula is C12H26BrNO. The third-order valence-electron chi connectivity index (χ3n) is 2.88. The second-order valence-corrected chi connectivity index (χ2v) is 5.18. The molecule has 15 heavy (non-hydrogen) atoms. The molecule has 0 aromatic heterocycles. The SMILES string of the molecule is CCCCN(CCO)CC(CBr)C(C)C. The van der Waals surface area contributed by atoms with E-state index in [-0.39, 0.29) is 6.61 Å². The summed E-state index contributed by atoms with van der Waals surface area (Å²) in [4.78, 5) is 2.38. The molecule has 0 aliphatic carbocycles. The summed E-state index contributed by atoms with van der Waals surface area (Å²) < 4.78 is 0. The van der Waals surface area contributed by atoms with Gasteiger partial charge in [0.2, 0.25) is 0 Å². The van der Waals surface area contributed by atoms with Crippen LogP contribution in [0.2, 0.25) is 0 Å². The van der Waals surface area contributed by atoms with Gasteiger partial charge in [0.15, 0.2) is 0 Å². The maximum atomic E-state index is 9.01. The smallest absolute Gasteiger partial charge is 0.0558 e. The van der Waals surface area contributed by atoms with Crippen LogP contribution in [0.25, 0.3) is 0 Å². The van der Waals surface area contributed by atoms with Crippen LogP contribution in [0.15, 0.2) is 0 Å². The molecule has 0 fully saturated rings. The molecule has 1 atom stereocenters. The summed E-state index contributed by atoms with van der Waals surface area (Å²) in [5.74, 6) is 1.39. The highest BCUT2D eigenvalue weighted by molar-refractivity contribution is 9.09. The molecule has 0 aromatic carbocycles. The van der Waals surface area contributed by atoms with Crippen LogP contribution >= 0.6 is 15.9 Å². The van der Waals surface area contributed by atoms with Crippen LogP contribution in [0.3, 0.4) is 0 Å². The summed E-state index contributed by atoms with van der Waals surface area (Å²) in [6, 6.07) is 0. The molecule has 92 valence electrons. The fourth-order valence-corrected chi connectivity index (χ4v) is 2.54. The number of nitrogens with zero attached hydrogens (tertiary/aromatic N) is 1. The molecule has 0 rings (SSSR count). The molecule has 3 heteroatoms. The predicted molar refractivity (Wildman–Crippen MR) is 70.6 cm³/mol. The van der Waals surface area contributed by atoms with Crippen LogP contribution in [-0.2, 0) is 0 Å². The standard InChI is InChI=1S/C12H26BrNO/c1-4-5-6-14(7-8-15)10-12(9-13)11(2)3/h11-12,15H,4-10H2,1-3H3. The predicted octanol–water partition coefficient (Wildman–Crippen LogP) is 2.75. The van der Waals surface area contributed by atoms with Crippen molar-refractivity contribution in [3.05, 3.63) is 0 Å². The normalized spacial score (nSPS) is 13.8. The van der Waals surface area contributed by atoms with Gasteiger partial charge in [-0.15, -0.1) is 0 Å². The fourth-order valence-electron chi connectivity index (χ4n) is 1.59. The second kappa shape index (κ2) is 9.61. The molecule has 0 saturated heterocycles. The van der Waals surface area contributed by atoms with Crippen molar-refractivity contribution in [3.8, 4) is 0 Å². The summed E-state index contributed by atoms with van der Waals surface area (Å²) in [6.07, 6.45) is 2.45. The zero-order chi connectivity index (χ0) is 11.7. The molecule has 0 bridgehead atoms. The van der Waals surface area contributed by atoms with Crippen LogP contribution in [-0.4, -0.2) is 41.6 Å². The van der Waals surface area contributed by atoms with E-state index in [9.17, 15) is 0 Å². The van der Waals surface area contributed by atoms with Gasteiger partial charge in [-0.25, -0.2) is 0 Å². The Morgan fingerprint density at radius 3 is 2.33 bits per heavy atom. The van der Waals surface area contributed by atoms with Crippen LogP contribution in [0.5, 0.6) is 0 Å². The van der Waals surface area contributed by atoms with Crippen LogP contribution in [0.1, 0.15) is 33.6 Å². The lowest BCUT2D eigenvalue weighted by Crippen LogP contribution is -2.35. The van der Waals surface area contributed by atoms with E-state index in [0.29, 0.717) is 11.8 Å². The van der Waals surface area contributed by atoms with E-state index in [4.69, 9.17) is 5.11 Å². The van der Waals surface area contributed by atoms with Crippen molar-refractivity contribution in [2.24, 2.45) is 11.8 Å². The minimum Gasteiger partial charge on any atom is -0.395 e. The molecule has 0 aromatic rings. The maximum Gasteiger partial charge on any atom is 0.0558 e. The van der Waals surface area contributed by atoms with Crippen molar-refractivity contribution < 1.29 is 5.11 Å². The first-order valence-electron chi connectivity index (χ1n) is 6.04. The first kappa shape index (κ1) is 15.4. The van der Waals surface area contributed by atoms with E-state index < -0.39 is 0 Å². The van der Waals surface area contributed by atoms with Crippen LogP contribution < -0.4 is 0 Å². The molecular weight excluding hydrogens is 254 g/mol. The summed E-state index contributed by atoms with van der Waals surface area (Å²) in [5, 5.41) is 10.1. The number of unbranched alkanes of at least 4 members (excludes halogenated alkanes) is 1. The minimum absolute atomic E-state index is 0.275. The number of aliphatic hydroxyl groups is 1. The second-order valence-electron chi connectivity index (χ2n) is 4.54. The van der Waals surface area contributed by atoms with Gasteiger partial charge < -0.3 is 10.0 Å². The molecule has 0 amide bonds. The van der Waals surface area contributed by atoms with Crippen LogP contribution in [0, 0.1) is 11.8 Å². The highest BCUT2D eigenvalue weighted by Gasteiger charge is 2.15. The molecule has 0 aliphatic rings. The van der Waals surface area contributed by atoms with E-state index in [1.165, 1.54) is 12.8 Å². The molecule has 0 saturated carbocycles. The zero-order valence-electron chi connectivity index (χ0n) is 10.4. The first-order valence-corrected chi connectivity index (χ1v) is 7.17. The van der Waals surface area contributed by atoms with E-state index >= 15 is 0 Å². The summed E-state index contributed by atoms with van der Waals surface area (Å²) in [5.41, 5.74) is 0. The number of alkyl halides is 1. The number of rotatable bonds is 9. The number of aliphatic hydroxyl groups excluding tert-OH is 1. The van der Waals surface area contributed by atoms with Crippen molar-refractivity contribution in [1.82, 2.24) is 4.90 Å². The Hall–Kier alpha value is 0.400. The Balaban J connectivity index is 3.99. The molecule has 1 unspecified atom stereocenters. The Labute approximate surface area is 103 Å². The summed E-state index contributed by atoms with van der Waals surface area (Å²) in [6.45, 7) is 10.1. The van der Waals surface area contributed by atoms with Gasteiger partial charge in [0.05, 0.1) is 6.61 Å². The maximum absolute atomic E-state index is 9.01. The molecule has 0 spiro atoms. The van der Waals surface area contributed by atoms with Crippen LogP contribution in [0.4, 0.5) is 0 Å². The Bertz CT molecular complexity index is 142. The quantitative estimate of drug-likeness (QED) is 0.656. The third-order valence-corrected chi connectivity index (χ3v) is 3.71. The molecule has 1 N–H and O–H groups in total. The number of hydrogen-bond acceptors (Lipinski definition) is 2. The van der Waals surface area contributed by atoms with E-state index in [1.807, 2.05) is 0 Å². The van der Waals surface area contributed by atoms with Gasteiger partial charge in [-0.05, 0) is 24.8 Å². The number of halogens is 1. The lowest BCUT2D eigenvalue weighted by atomic mass is 9.97. The van der Waals surface area contributed by atoms with Crippen molar-refractivity contribution in [2.75, 3.05) is 31.6 Å². The Morgan fingerprint density at radius 2 is 1.93 bits per heavy atom. The number of hydrogen-bond donors (Lipinski definition) is 1. The summed E-state index contributed by atoms with van der Waals surface area (Å²) >= 11 is 3.58. The average molecular weight is 280 g/mol. The fraction of sp³-hybridized carbons (Fsp3) is 1.00. The molecule has 2 nitrogen and oxygen atoms in total. The van der Waals surface area contributed by atoms with Gasteiger partial charge >= 0.3 is 0 Å². The van der Waals surface area contributed by atoms with Gasteiger partial charge in [-0.1, -0.05) is 43.1 Å². The van der Waals surface area contributed by atoms with Crippen molar-refractivity contribution in [1.29, 1.82) is 0 Å².